The highest BCUT2D eigenvalue weighted by Crippen LogP contribution is 2.48. The Kier molecular flexibility index (Phi) is 21.7. The molecule has 0 fully saturated rings. The first-order chi connectivity index (χ1) is 71.8. The minimum atomic E-state index is 0.694. The summed E-state index contributed by atoms with van der Waals surface area (Å²) in [5, 5.41) is 19.8. The molecule has 22 aromatic carbocycles. The molecule has 0 aliphatic carbocycles. The minimum Gasteiger partial charge on any atom is -0.228 e. The Hall–Kier alpha value is -18.4. The predicted molar refractivity (Wildman–Crippen MR) is 614 cm³/mol. The van der Waals surface area contributed by atoms with Gasteiger partial charge in [-0.1, -0.05) is 431 Å². The molecule has 8 nitrogen and oxygen atoms in total. The summed E-state index contributed by atoms with van der Waals surface area (Å²) < 4.78 is 6.95. The van der Waals surface area contributed by atoms with E-state index in [0.717, 1.165) is 143 Å². The maximum atomic E-state index is 5.22. The van der Waals surface area contributed by atoms with Gasteiger partial charge in [0, 0.05) is 80.2 Å². The monoisotopic (exact) mass is 1900 g/mol. The van der Waals surface area contributed by atoms with Crippen molar-refractivity contribution in [1.29, 1.82) is 0 Å². The molecule has 29 rings (SSSR count). The normalized spacial score (nSPS) is 11.6. The molecule has 29 aromatic rings. The van der Waals surface area contributed by atoms with E-state index in [9.17, 15) is 0 Å². The molecule has 0 radical (unpaired) electrons. The van der Waals surface area contributed by atoms with Gasteiger partial charge in [-0.3, -0.25) is 0 Å². The van der Waals surface area contributed by atoms with E-state index in [1.807, 2.05) is 60.7 Å². The molecule has 11 heteroatoms. The highest BCUT2D eigenvalue weighted by atomic mass is 32.1. The zero-order valence-corrected chi connectivity index (χ0v) is 80.6. The van der Waals surface area contributed by atoms with Gasteiger partial charge in [0.05, 0.1) is 58.9 Å². The molecular formula is C134H82N8S3. The lowest BCUT2D eigenvalue weighted by molar-refractivity contribution is 1.22. The van der Waals surface area contributed by atoms with Crippen LogP contribution in [-0.4, -0.2) is 39.9 Å². The fourth-order valence-corrected chi connectivity index (χ4v) is 24.1. The maximum absolute atomic E-state index is 5.22. The third-order valence-electron chi connectivity index (χ3n) is 27.8. The third kappa shape index (κ3) is 16.1. The first kappa shape index (κ1) is 85.8. The number of para-hydroxylation sites is 1. The number of hydrogen-bond acceptors (Lipinski definition) is 11. The van der Waals surface area contributed by atoms with Crippen molar-refractivity contribution in [3.05, 3.63) is 497 Å². The zero-order valence-electron chi connectivity index (χ0n) is 78.1. The number of thiophene rings is 3. The van der Waals surface area contributed by atoms with Crippen LogP contribution in [0.2, 0.25) is 0 Å². The molecule has 0 amide bonds. The van der Waals surface area contributed by atoms with Crippen LogP contribution in [0.15, 0.2) is 497 Å². The van der Waals surface area contributed by atoms with Gasteiger partial charge in [0.2, 0.25) is 0 Å². The molecule has 7 aromatic heterocycles. The first-order valence-electron chi connectivity index (χ1n) is 48.7. The molecule has 145 heavy (non-hydrogen) atoms. The van der Waals surface area contributed by atoms with Gasteiger partial charge in [0.1, 0.15) is 0 Å². The average molecular weight is 1900 g/mol. The number of benzene rings is 22. The smallest absolute Gasteiger partial charge is 0.160 e. The van der Waals surface area contributed by atoms with Crippen LogP contribution in [-0.2, 0) is 0 Å². The fraction of sp³-hybridized carbons (Fsp3) is 0. The van der Waals surface area contributed by atoms with Crippen LogP contribution >= 0.6 is 34.0 Å². The van der Waals surface area contributed by atoms with Crippen molar-refractivity contribution in [2.45, 2.75) is 0 Å². The molecule has 0 saturated carbocycles. The van der Waals surface area contributed by atoms with Crippen LogP contribution in [0, 0.1) is 0 Å². The van der Waals surface area contributed by atoms with Crippen molar-refractivity contribution in [1.82, 2.24) is 39.9 Å². The Morgan fingerprint density at radius 2 is 0.400 bits per heavy atom. The Morgan fingerprint density at radius 1 is 0.124 bits per heavy atom. The minimum absolute atomic E-state index is 0.694. The molecule has 7 heterocycles. The molecule has 0 saturated heterocycles. The summed E-state index contributed by atoms with van der Waals surface area (Å²) in [6.45, 7) is 0. The van der Waals surface area contributed by atoms with E-state index in [1.54, 1.807) is 34.0 Å². The average Bonchev–Trinajstić information content (AvgIpc) is 1.75. The van der Waals surface area contributed by atoms with Crippen molar-refractivity contribution >= 4 is 170 Å². The molecule has 0 N–H and O–H groups in total. The highest BCUT2D eigenvalue weighted by Gasteiger charge is 2.24. The summed E-state index contributed by atoms with van der Waals surface area (Å²) in [5.74, 6) is 2.89. The Bertz CT molecular complexity index is 10100. The number of rotatable bonds is 13. The van der Waals surface area contributed by atoms with Crippen molar-refractivity contribution in [2.24, 2.45) is 0 Å². The summed E-state index contributed by atoms with van der Waals surface area (Å²) in [5.41, 5.74) is 27.7. The molecule has 0 spiro atoms. The number of aromatic nitrogens is 8. The van der Waals surface area contributed by atoms with Crippen LogP contribution in [0.5, 0.6) is 0 Å². The second-order valence-corrected chi connectivity index (χ2v) is 39.8. The lowest BCUT2D eigenvalue weighted by Crippen LogP contribution is -1.96. The SMILES string of the molecule is c1ccc(-c2nc(-c3ccc(-c4nc(-c5ccccc5)c5ccccc5n4)cc3)c3sc4cc(-c5ccc6ccccc6c5)ccc4c3n2)cc1.c1ccc(-c2nc(-c3cccc(-c4cccc(-c5ccc6c(ccc7ccccc76)c5)c4)c3)nc3c2sc2ccccc23)cc1.c1ccc(-c2nc(-c3cccc(-c4cccc(-c5ccc6c7ccccc7c7ccccc7c6c5)c4)c3)nc3c2sc2ccccc23)cc1. The highest BCUT2D eigenvalue weighted by molar-refractivity contribution is 7.27. The van der Waals surface area contributed by atoms with Gasteiger partial charge in [0.25, 0.3) is 0 Å². The Labute approximate surface area is 847 Å². The summed E-state index contributed by atoms with van der Waals surface area (Å²) in [7, 11) is 0. The largest absolute Gasteiger partial charge is 0.228 e. The summed E-state index contributed by atoms with van der Waals surface area (Å²) in [6, 6.07) is 176. The first-order valence-corrected chi connectivity index (χ1v) is 51.2. The zero-order chi connectivity index (χ0) is 95.8. The quantitative estimate of drug-likeness (QED) is 0.105. The molecule has 676 valence electrons. The van der Waals surface area contributed by atoms with Crippen molar-refractivity contribution < 1.29 is 0 Å². The Morgan fingerprint density at radius 3 is 0.917 bits per heavy atom. The fourth-order valence-electron chi connectivity index (χ4n) is 20.6. The van der Waals surface area contributed by atoms with Gasteiger partial charge in [-0.25, -0.2) is 39.9 Å². The van der Waals surface area contributed by atoms with Gasteiger partial charge in [0.15, 0.2) is 23.3 Å². The van der Waals surface area contributed by atoms with E-state index in [-0.39, 0.29) is 0 Å². The number of fused-ring (bicyclic) bond motifs is 20. The summed E-state index contributed by atoms with van der Waals surface area (Å²) in [6.07, 6.45) is 0. The number of nitrogens with zero attached hydrogens (tertiary/aromatic N) is 8. The van der Waals surface area contributed by atoms with Crippen LogP contribution in [0.1, 0.15) is 0 Å². The van der Waals surface area contributed by atoms with Gasteiger partial charge in [-0.05, 0) is 187 Å². The van der Waals surface area contributed by atoms with E-state index >= 15 is 0 Å². The third-order valence-corrected chi connectivity index (χ3v) is 31.3. The van der Waals surface area contributed by atoms with Gasteiger partial charge < -0.3 is 0 Å². The lowest BCUT2D eigenvalue weighted by atomic mass is 9.91. The number of hydrogen-bond donors (Lipinski definition) is 0. The lowest BCUT2D eigenvalue weighted by Gasteiger charge is -2.13. The van der Waals surface area contributed by atoms with E-state index in [0.29, 0.717) is 11.6 Å². The van der Waals surface area contributed by atoms with Crippen molar-refractivity contribution in [2.75, 3.05) is 0 Å². The molecule has 0 aliphatic heterocycles. The van der Waals surface area contributed by atoms with E-state index in [2.05, 4.69) is 437 Å². The van der Waals surface area contributed by atoms with E-state index in [4.69, 9.17) is 39.9 Å². The van der Waals surface area contributed by atoms with Crippen LogP contribution in [0.25, 0.3) is 283 Å². The summed E-state index contributed by atoms with van der Waals surface area (Å²) in [4.78, 5) is 41.2. The second kappa shape index (κ2) is 36.7. The van der Waals surface area contributed by atoms with Gasteiger partial charge >= 0.3 is 0 Å². The molecule has 0 aliphatic rings. The molecule has 0 bridgehead atoms. The molecular weight excluding hydrogens is 1820 g/mol. The van der Waals surface area contributed by atoms with E-state index < -0.39 is 0 Å². The standard InChI is InChI=1S/C46H28N4S.C46H28N2S.C42H26N2S/c1-3-12-30(13-4-1)41-37-17-9-10-18-39(37)47-45(48-41)33-22-20-31(21-23-33)42-44-43(50-46(49-42)32-14-5-2-6-15-32)38-26-25-36(28-40(38)51-44)35-24-19-29-11-7-8-16-34(29)27-35;1-2-12-29(13-3-1)43-45-44(40-22-8-9-23-42(40)49-45)48-46(47-43)34-17-11-16-32(27-34)30-14-10-15-31(26-30)33-24-25-39-37-20-5-4-18-35(37)36-19-6-7-21-38(36)41(39)28-33;1-2-11-28(12-3-1)39-41-40(37-18-6-7-19-38(37)45-41)44-42(43-39)34-16-9-15-31(26-34)29-13-8-14-30(24-29)32-22-23-36-33(25-32)21-20-27-10-4-5-17-35(27)36/h1-28H;1-28H;1-26H. The molecule has 0 atom stereocenters. The molecule has 0 unspecified atom stereocenters. The van der Waals surface area contributed by atoms with Gasteiger partial charge in [-0.15, -0.1) is 34.0 Å². The topological polar surface area (TPSA) is 103 Å². The van der Waals surface area contributed by atoms with Crippen LogP contribution in [0.4, 0.5) is 0 Å². The van der Waals surface area contributed by atoms with Crippen molar-refractivity contribution in [3.63, 3.8) is 0 Å². The van der Waals surface area contributed by atoms with Crippen LogP contribution < -0.4 is 0 Å². The van der Waals surface area contributed by atoms with Gasteiger partial charge in [-0.2, -0.15) is 0 Å². The summed E-state index contributed by atoms with van der Waals surface area (Å²) >= 11 is 5.28. The van der Waals surface area contributed by atoms with Crippen molar-refractivity contribution in [3.8, 4) is 146 Å². The van der Waals surface area contributed by atoms with Crippen LogP contribution in [0.3, 0.4) is 0 Å². The predicted octanol–water partition coefficient (Wildman–Crippen LogP) is 37.1. The maximum Gasteiger partial charge on any atom is 0.160 e. The second-order valence-electron chi connectivity index (χ2n) is 36.6. The van der Waals surface area contributed by atoms with E-state index in [1.165, 1.54) is 128 Å². The Balaban J connectivity index is 0.000000108.